The van der Waals surface area contributed by atoms with E-state index in [-0.39, 0.29) is 18.0 Å². The van der Waals surface area contributed by atoms with Crippen molar-refractivity contribution < 1.29 is 18.7 Å². The number of thiocarbonyl (C=S) groups is 1. The van der Waals surface area contributed by atoms with Gasteiger partial charge in [-0.1, -0.05) is 26.8 Å². The van der Waals surface area contributed by atoms with Gasteiger partial charge >= 0.3 is 0 Å². The fourth-order valence-electron chi connectivity index (χ4n) is 4.71. The van der Waals surface area contributed by atoms with E-state index in [1.165, 1.54) is 0 Å². The van der Waals surface area contributed by atoms with Crippen molar-refractivity contribution in [2.24, 2.45) is 5.41 Å². The van der Waals surface area contributed by atoms with Crippen LogP contribution in [0.25, 0.3) is 11.3 Å². The van der Waals surface area contributed by atoms with Crippen LogP contribution in [-0.2, 0) is 4.79 Å². The summed E-state index contributed by atoms with van der Waals surface area (Å²) < 4.78 is 17.7. The number of furan rings is 1. The molecule has 212 valence electrons. The fourth-order valence-corrected chi connectivity index (χ4v) is 5.06. The molecule has 0 saturated carbocycles. The highest BCUT2D eigenvalue weighted by atomic mass is 32.1. The predicted octanol–water partition coefficient (Wildman–Crippen LogP) is 6.91. The molecular formula is C32H34N4O4S. The zero-order valence-electron chi connectivity index (χ0n) is 23.8. The summed E-state index contributed by atoms with van der Waals surface area (Å²) in [6.45, 7) is 8.17. The molecule has 2 N–H and O–H groups in total. The highest BCUT2D eigenvalue weighted by molar-refractivity contribution is 7.80. The summed E-state index contributed by atoms with van der Waals surface area (Å²) in [6, 6.07) is 22.6. The number of rotatable bonds is 8. The molecule has 1 aliphatic rings. The summed E-state index contributed by atoms with van der Waals surface area (Å²) in [5.41, 5.74) is 2.60. The number of nitrogens with zero attached hydrogens (tertiary/aromatic N) is 2. The van der Waals surface area contributed by atoms with Crippen LogP contribution in [0.15, 0.2) is 83.4 Å². The van der Waals surface area contributed by atoms with Gasteiger partial charge in [0.2, 0.25) is 5.91 Å². The van der Waals surface area contributed by atoms with Gasteiger partial charge in [-0.2, -0.15) is 0 Å². The van der Waals surface area contributed by atoms with Crippen molar-refractivity contribution in [3.05, 3.63) is 90.4 Å². The van der Waals surface area contributed by atoms with E-state index in [0.717, 1.165) is 34.2 Å². The number of hydrogen-bond donors (Lipinski definition) is 2. The summed E-state index contributed by atoms with van der Waals surface area (Å²) in [4.78, 5) is 19.3. The fraction of sp³-hybridized carbons (Fsp3) is 0.281. The smallest absolute Gasteiger partial charge is 0.229 e. The van der Waals surface area contributed by atoms with E-state index >= 15 is 0 Å². The third kappa shape index (κ3) is 5.90. The van der Waals surface area contributed by atoms with Crippen LogP contribution in [0.1, 0.15) is 51.2 Å². The Bertz CT molecular complexity index is 1530. The van der Waals surface area contributed by atoms with Crippen LogP contribution in [0.3, 0.4) is 0 Å². The molecule has 1 fully saturated rings. The lowest BCUT2D eigenvalue weighted by molar-refractivity contribution is -0.123. The molecule has 9 heteroatoms. The van der Waals surface area contributed by atoms with E-state index < -0.39 is 5.41 Å². The number of amides is 1. The summed E-state index contributed by atoms with van der Waals surface area (Å²) in [5, 5.41) is 6.95. The molecule has 8 nitrogen and oxygen atoms in total. The third-order valence-corrected chi connectivity index (χ3v) is 7.17. The maximum absolute atomic E-state index is 12.7. The molecule has 0 unspecified atom stereocenters. The van der Waals surface area contributed by atoms with Gasteiger partial charge in [-0.15, -0.1) is 0 Å². The van der Waals surface area contributed by atoms with Gasteiger partial charge in [0.1, 0.15) is 29.1 Å². The lowest BCUT2D eigenvalue weighted by Gasteiger charge is -2.27. The van der Waals surface area contributed by atoms with Crippen LogP contribution in [0.5, 0.6) is 11.5 Å². The molecule has 5 rings (SSSR count). The predicted molar refractivity (Wildman–Crippen MR) is 164 cm³/mol. The lowest BCUT2D eigenvalue weighted by Crippen LogP contribution is -2.30. The zero-order chi connectivity index (χ0) is 29.1. The number of benzene rings is 2. The zero-order valence-corrected chi connectivity index (χ0v) is 24.6. The molecule has 1 saturated heterocycles. The Kier molecular flexibility index (Phi) is 7.99. The number of pyridine rings is 1. The highest BCUT2D eigenvalue weighted by Gasteiger charge is 2.43. The Hall–Kier alpha value is -4.37. The minimum Gasteiger partial charge on any atom is -0.494 e. The SMILES string of the molecule is CCOc1ccc(-c2ccc([C@H]3[C@@H](c4ccccn4)NC(=S)N3c3ccc(NC(=O)C(C)(C)C)c(OC)c3)o2)cc1. The van der Waals surface area contributed by atoms with Crippen LogP contribution < -0.4 is 25.0 Å². The highest BCUT2D eigenvalue weighted by Crippen LogP contribution is 2.44. The number of ether oxygens (including phenoxy) is 2. The molecule has 3 heterocycles. The quantitative estimate of drug-likeness (QED) is 0.221. The second kappa shape index (κ2) is 11.6. The van der Waals surface area contributed by atoms with Crippen molar-refractivity contribution in [1.29, 1.82) is 0 Å². The Labute approximate surface area is 245 Å². The monoisotopic (exact) mass is 570 g/mol. The lowest BCUT2D eigenvalue weighted by atomic mass is 9.95. The standard InChI is InChI=1S/C32H34N4O4S/c1-6-39-22-13-10-20(11-14-22)25-16-17-26(40-25)29-28(24-9-7-8-18-33-24)35-31(41)36(29)21-12-15-23(27(19-21)38-5)34-30(37)32(2,3)4/h7-19,28-29H,6H2,1-5H3,(H,34,37)(H,35,41)/t28-,29+/m1/s1. The molecule has 2 aromatic heterocycles. The molecule has 0 spiro atoms. The molecular weight excluding hydrogens is 536 g/mol. The Morgan fingerprint density at radius 3 is 2.54 bits per heavy atom. The van der Waals surface area contributed by atoms with Gasteiger partial charge in [-0.05, 0) is 79.8 Å². The van der Waals surface area contributed by atoms with E-state index in [0.29, 0.717) is 23.2 Å². The van der Waals surface area contributed by atoms with Gasteiger partial charge in [-0.3, -0.25) is 9.78 Å². The van der Waals surface area contributed by atoms with E-state index in [1.54, 1.807) is 13.3 Å². The number of anilines is 2. The first-order valence-corrected chi connectivity index (χ1v) is 13.9. The van der Waals surface area contributed by atoms with Gasteiger partial charge in [0.05, 0.1) is 31.1 Å². The van der Waals surface area contributed by atoms with Crippen LogP contribution in [0.2, 0.25) is 0 Å². The minimum atomic E-state index is -0.550. The van der Waals surface area contributed by atoms with Crippen molar-refractivity contribution >= 4 is 34.6 Å². The van der Waals surface area contributed by atoms with Gasteiger partial charge < -0.3 is 29.4 Å². The summed E-state index contributed by atoms with van der Waals surface area (Å²) in [7, 11) is 1.58. The number of methoxy groups -OCH3 is 1. The van der Waals surface area contributed by atoms with E-state index in [4.69, 9.17) is 26.1 Å². The summed E-state index contributed by atoms with van der Waals surface area (Å²) in [6.07, 6.45) is 1.77. The van der Waals surface area contributed by atoms with Gasteiger partial charge in [0.15, 0.2) is 5.11 Å². The largest absolute Gasteiger partial charge is 0.494 e. The Balaban J connectivity index is 1.53. The number of carbonyl (C=O) groups is 1. The second-order valence-electron chi connectivity index (χ2n) is 10.7. The number of carbonyl (C=O) groups excluding carboxylic acids is 1. The maximum atomic E-state index is 12.7. The molecule has 1 aliphatic heterocycles. The van der Waals surface area contributed by atoms with Crippen molar-refractivity contribution in [2.45, 2.75) is 39.8 Å². The van der Waals surface area contributed by atoms with Crippen molar-refractivity contribution in [2.75, 3.05) is 23.9 Å². The number of hydrogen-bond acceptors (Lipinski definition) is 6. The average molecular weight is 571 g/mol. The van der Waals surface area contributed by atoms with Crippen LogP contribution in [0.4, 0.5) is 11.4 Å². The van der Waals surface area contributed by atoms with Crippen molar-refractivity contribution in [3.63, 3.8) is 0 Å². The maximum Gasteiger partial charge on any atom is 0.229 e. The Morgan fingerprint density at radius 2 is 1.88 bits per heavy atom. The molecule has 0 bridgehead atoms. The minimum absolute atomic E-state index is 0.104. The van der Waals surface area contributed by atoms with Gasteiger partial charge in [0, 0.05) is 28.9 Å². The molecule has 1 amide bonds. The average Bonchev–Trinajstić information content (AvgIpc) is 3.58. The summed E-state index contributed by atoms with van der Waals surface area (Å²) >= 11 is 5.87. The Morgan fingerprint density at radius 1 is 1.10 bits per heavy atom. The second-order valence-corrected chi connectivity index (χ2v) is 11.1. The normalized spacial score (nSPS) is 16.8. The van der Waals surface area contributed by atoms with Gasteiger partial charge in [0.25, 0.3) is 0 Å². The summed E-state index contributed by atoms with van der Waals surface area (Å²) in [5.74, 6) is 2.69. The number of aromatic nitrogens is 1. The van der Waals surface area contributed by atoms with Crippen LogP contribution >= 0.6 is 12.2 Å². The first kappa shape index (κ1) is 28.2. The first-order chi connectivity index (χ1) is 19.7. The molecule has 41 heavy (non-hydrogen) atoms. The van der Waals surface area contributed by atoms with Crippen LogP contribution in [0, 0.1) is 5.41 Å². The van der Waals surface area contributed by atoms with Crippen molar-refractivity contribution in [1.82, 2.24) is 10.3 Å². The van der Waals surface area contributed by atoms with Crippen LogP contribution in [-0.4, -0.2) is 29.7 Å². The molecule has 0 aliphatic carbocycles. The van der Waals surface area contributed by atoms with E-state index in [9.17, 15) is 4.79 Å². The molecule has 2 aromatic carbocycles. The van der Waals surface area contributed by atoms with E-state index in [2.05, 4.69) is 15.6 Å². The molecule has 4 aromatic rings. The third-order valence-electron chi connectivity index (χ3n) is 6.86. The molecule has 0 radical (unpaired) electrons. The molecule has 2 atom stereocenters. The van der Waals surface area contributed by atoms with E-state index in [1.807, 2.05) is 105 Å². The first-order valence-electron chi connectivity index (χ1n) is 13.5. The van der Waals surface area contributed by atoms with Gasteiger partial charge in [-0.25, -0.2) is 0 Å². The topological polar surface area (TPSA) is 88.9 Å². The number of nitrogens with one attached hydrogen (secondary N) is 2. The van der Waals surface area contributed by atoms with Crippen molar-refractivity contribution in [3.8, 4) is 22.8 Å².